The predicted octanol–water partition coefficient (Wildman–Crippen LogP) is 2.46. The number of hydrogen-bond donors (Lipinski definition) is 0. The van der Waals surface area contributed by atoms with Crippen LogP contribution in [0.4, 0.5) is 0 Å². The van der Waals surface area contributed by atoms with Crippen molar-refractivity contribution in [1.29, 1.82) is 0 Å². The average molecular weight is 192 g/mol. The van der Waals surface area contributed by atoms with Gasteiger partial charge in [-0.2, -0.15) is 0 Å². The zero-order chi connectivity index (χ0) is 10.6. The van der Waals surface area contributed by atoms with E-state index in [9.17, 15) is 4.79 Å². The highest BCUT2D eigenvalue weighted by Gasteiger charge is 2.11. The Balaban J connectivity index is 2.80. The fourth-order valence-corrected chi connectivity index (χ4v) is 1.35. The van der Waals surface area contributed by atoms with E-state index in [-0.39, 0.29) is 11.7 Å². The van der Waals surface area contributed by atoms with E-state index in [2.05, 4.69) is 0 Å². The molecule has 2 heteroatoms. The first-order valence-electron chi connectivity index (χ1n) is 4.77. The Kier molecular flexibility index (Phi) is 3.69. The van der Waals surface area contributed by atoms with E-state index in [1.807, 2.05) is 31.2 Å². The summed E-state index contributed by atoms with van der Waals surface area (Å²) in [6.45, 7) is 3.56. The molecule has 0 spiro atoms. The van der Waals surface area contributed by atoms with Crippen LogP contribution in [0, 0.1) is 5.92 Å². The largest absolute Gasteiger partial charge is 0.496 e. The molecule has 0 amide bonds. The van der Waals surface area contributed by atoms with Crippen LogP contribution < -0.4 is 4.74 Å². The molecule has 0 heterocycles. The number of rotatable bonds is 4. The van der Waals surface area contributed by atoms with E-state index >= 15 is 0 Å². The van der Waals surface area contributed by atoms with Gasteiger partial charge in [0.05, 0.1) is 7.11 Å². The van der Waals surface area contributed by atoms with Crippen LogP contribution in [0.2, 0.25) is 0 Å². The molecule has 0 aliphatic heterocycles. The van der Waals surface area contributed by atoms with Crippen LogP contribution in [0.1, 0.15) is 19.4 Å². The van der Waals surface area contributed by atoms with Gasteiger partial charge in [-0.3, -0.25) is 4.79 Å². The SMILES string of the molecule is COc1ccccc1C[C@H](C)C(C)=O. The lowest BCUT2D eigenvalue weighted by Gasteiger charge is -2.11. The van der Waals surface area contributed by atoms with Gasteiger partial charge in [-0.25, -0.2) is 0 Å². The molecule has 1 atom stereocenters. The fourth-order valence-electron chi connectivity index (χ4n) is 1.35. The molecular weight excluding hydrogens is 176 g/mol. The van der Waals surface area contributed by atoms with Gasteiger partial charge in [-0.05, 0) is 25.0 Å². The van der Waals surface area contributed by atoms with Gasteiger partial charge in [0.1, 0.15) is 11.5 Å². The van der Waals surface area contributed by atoms with Crippen molar-refractivity contribution in [1.82, 2.24) is 0 Å². The van der Waals surface area contributed by atoms with Crippen LogP contribution in [0.25, 0.3) is 0 Å². The number of carbonyl (C=O) groups is 1. The lowest BCUT2D eigenvalue weighted by molar-refractivity contribution is -0.120. The van der Waals surface area contributed by atoms with Crippen molar-refractivity contribution in [2.45, 2.75) is 20.3 Å². The highest BCUT2D eigenvalue weighted by molar-refractivity contribution is 5.78. The first kappa shape index (κ1) is 10.8. The van der Waals surface area contributed by atoms with Gasteiger partial charge >= 0.3 is 0 Å². The van der Waals surface area contributed by atoms with E-state index in [1.54, 1.807) is 14.0 Å². The second-order valence-electron chi connectivity index (χ2n) is 3.53. The minimum absolute atomic E-state index is 0.0614. The van der Waals surface area contributed by atoms with Crippen LogP contribution in [-0.4, -0.2) is 12.9 Å². The van der Waals surface area contributed by atoms with Crippen molar-refractivity contribution in [3.63, 3.8) is 0 Å². The van der Waals surface area contributed by atoms with E-state index in [0.29, 0.717) is 0 Å². The molecule has 1 rings (SSSR count). The summed E-state index contributed by atoms with van der Waals surface area (Å²) in [6.07, 6.45) is 0.749. The fraction of sp³-hybridized carbons (Fsp3) is 0.417. The molecule has 0 aliphatic carbocycles. The Bertz CT molecular complexity index is 318. The number of ether oxygens (including phenoxy) is 1. The Morgan fingerprint density at radius 2 is 2.07 bits per heavy atom. The van der Waals surface area contributed by atoms with E-state index in [0.717, 1.165) is 17.7 Å². The Morgan fingerprint density at radius 3 is 2.64 bits per heavy atom. The maximum Gasteiger partial charge on any atom is 0.132 e. The smallest absolute Gasteiger partial charge is 0.132 e. The van der Waals surface area contributed by atoms with Crippen LogP contribution >= 0.6 is 0 Å². The predicted molar refractivity (Wildman–Crippen MR) is 56.5 cm³/mol. The summed E-state index contributed by atoms with van der Waals surface area (Å²) in [7, 11) is 1.65. The summed E-state index contributed by atoms with van der Waals surface area (Å²) in [6, 6.07) is 7.81. The second-order valence-corrected chi connectivity index (χ2v) is 3.53. The lowest BCUT2D eigenvalue weighted by Crippen LogP contribution is -2.10. The van der Waals surface area contributed by atoms with Crippen molar-refractivity contribution < 1.29 is 9.53 Å². The van der Waals surface area contributed by atoms with Gasteiger partial charge in [-0.1, -0.05) is 25.1 Å². The first-order valence-corrected chi connectivity index (χ1v) is 4.77. The van der Waals surface area contributed by atoms with E-state index in [4.69, 9.17) is 4.74 Å². The van der Waals surface area contributed by atoms with Crippen LogP contribution in [0.3, 0.4) is 0 Å². The standard InChI is InChI=1S/C12H16O2/c1-9(10(2)13)8-11-6-4-5-7-12(11)14-3/h4-7,9H,8H2,1-3H3/t9-/m0/s1. The Hall–Kier alpha value is -1.31. The van der Waals surface area contributed by atoms with Crippen LogP contribution in [0.15, 0.2) is 24.3 Å². The normalized spacial score (nSPS) is 12.2. The molecule has 0 aromatic heterocycles. The van der Waals surface area contributed by atoms with Crippen molar-refractivity contribution in [3.05, 3.63) is 29.8 Å². The molecular formula is C12H16O2. The molecule has 0 saturated carbocycles. The molecule has 76 valence electrons. The van der Waals surface area contributed by atoms with Crippen LogP contribution in [-0.2, 0) is 11.2 Å². The van der Waals surface area contributed by atoms with Gasteiger partial charge in [-0.15, -0.1) is 0 Å². The highest BCUT2D eigenvalue weighted by atomic mass is 16.5. The maximum atomic E-state index is 11.1. The summed E-state index contributed by atoms with van der Waals surface area (Å²) in [5.74, 6) is 1.14. The average Bonchev–Trinajstić information content (AvgIpc) is 2.18. The molecule has 2 nitrogen and oxygen atoms in total. The third kappa shape index (κ3) is 2.59. The molecule has 0 N–H and O–H groups in total. The summed E-state index contributed by atoms with van der Waals surface area (Å²) < 4.78 is 5.21. The summed E-state index contributed by atoms with van der Waals surface area (Å²) in [5, 5.41) is 0. The topological polar surface area (TPSA) is 26.3 Å². The summed E-state index contributed by atoms with van der Waals surface area (Å²) >= 11 is 0. The van der Waals surface area contributed by atoms with Gasteiger partial charge in [0.15, 0.2) is 0 Å². The Morgan fingerprint density at radius 1 is 1.43 bits per heavy atom. The van der Waals surface area contributed by atoms with Gasteiger partial charge < -0.3 is 4.74 Å². The highest BCUT2D eigenvalue weighted by Crippen LogP contribution is 2.20. The van der Waals surface area contributed by atoms with E-state index in [1.165, 1.54) is 0 Å². The Labute approximate surface area is 84.9 Å². The third-order valence-electron chi connectivity index (χ3n) is 2.41. The number of benzene rings is 1. The zero-order valence-electron chi connectivity index (χ0n) is 8.91. The number of hydrogen-bond acceptors (Lipinski definition) is 2. The molecule has 1 aromatic carbocycles. The molecule has 0 radical (unpaired) electrons. The summed E-state index contributed by atoms with van der Waals surface area (Å²) in [5.41, 5.74) is 1.10. The van der Waals surface area contributed by atoms with Gasteiger partial charge in [0.2, 0.25) is 0 Å². The number of para-hydroxylation sites is 1. The molecule has 14 heavy (non-hydrogen) atoms. The zero-order valence-corrected chi connectivity index (χ0v) is 8.91. The van der Waals surface area contributed by atoms with Crippen molar-refractivity contribution >= 4 is 5.78 Å². The minimum Gasteiger partial charge on any atom is -0.496 e. The number of methoxy groups -OCH3 is 1. The molecule has 0 unspecified atom stereocenters. The first-order chi connectivity index (χ1) is 6.65. The molecule has 0 fully saturated rings. The lowest BCUT2D eigenvalue weighted by atomic mass is 9.97. The van der Waals surface area contributed by atoms with E-state index < -0.39 is 0 Å². The quantitative estimate of drug-likeness (QED) is 0.732. The summed E-state index contributed by atoms with van der Waals surface area (Å²) in [4.78, 5) is 11.1. The van der Waals surface area contributed by atoms with Crippen molar-refractivity contribution in [2.24, 2.45) is 5.92 Å². The molecule has 1 aromatic rings. The maximum absolute atomic E-state index is 11.1. The number of carbonyl (C=O) groups excluding carboxylic acids is 1. The molecule has 0 aliphatic rings. The number of ketones is 1. The van der Waals surface area contributed by atoms with Gasteiger partial charge in [0, 0.05) is 5.92 Å². The van der Waals surface area contributed by atoms with Gasteiger partial charge in [0.25, 0.3) is 0 Å². The molecule has 0 saturated heterocycles. The monoisotopic (exact) mass is 192 g/mol. The third-order valence-corrected chi connectivity index (χ3v) is 2.41. The van der Waals surface area contributed by atoms with Crippen molar-refractivity contribution in [2.75, 3.05) is 7.11 Å². The second kappa shape index (κ2) is 4.80. The minimum atomic E-state index is 0.0614. The number of Topliss-reactive ketones (excluding diaryl/α,β-unsaturated/α-hetero) is 1. The molecule has 0 bridgehead atoms. The van der Waals surface area contributed by atoms with Crippen molar-refractivity contribution in [3.8, 4) is 5.75 Å². The van der Waals surface area contributed by atoms with Crippen LogP contribution in [0.5, 0.6) is 5.75 Å².